The number of ether oxygens (including phenoxy) is 1. The van der Waals surface area contributed by atoms with Crippen LogP contribution < -0.4 is 0 Å². The first-order chi connectivity index (χ1) is 12.7. The minimum Gasteiger partial charge on any atom is -0.396 e. The SMILES string of the molecule is O=C(C(c1ccccc1)c1ccccc1)N1C[C@@H]2CCOC[C@]2(CO)C1. The van der Waals surface area contributed by atoms with Gasteiger partial charge in [0, 0.05) is 25.1 Å². The molecule has 26 heavy (non-hydrogen) atoms. The van der Waals surface area contributed by atoms with Gasteiger partial charge in [-0.25, -0.2) is 0 Å². The van der Waals surface area contributed by atoms with Gasteiger partial charge < -0.3 is 14.7 Å². The summed E-state index contributed by atoms with van der Waals surface area (Å²) in [5.41, 5.74) is 1.71. The van der Waals surface area contributed by atoms with Crippen LogP contribution in [0.1, 0.15) is 23.5 Å². The van der Waals surface area contributed by atoms with E-state index in [2.05, 4.69) is 0 Å². The van der Waals surface area contributed by atoms with Crippen molar-refractivity contribution in [2.24, 2.45) is 11.3 Å². The van der Waals surface area contributed by atoms with Crippen LogP contribution >= 0.6 is 0 Å². The molecule has 0 saturated carbocycles. The van der Waals surface area contributed by atoms with Crippen molar-refractivity contribution in [2.75, 3.05) is 32.9 Å². The Morgan fingerprint density at radius 2 is 1.73 bits per heavy atom. The van der Waals surface area contributed by atoms with Crippen molar-refractivity contribution in [3.8, 4) is 0 Å². The second-order valence-electron chi connectivity index (χ2n) is 7.53. The van der Waals surface area contributed by atoms with Gasteiger partial charge in [0.2, 0.25) is 5.91 Å². The summed E-state index contributed by atoms with van der Waals surface area (Å²) in [5.74, 6) is 0.122. The number of benzene rings is 2. The normalized spacial score (nSPS) is 25.3. The predicted molar refractivity (Wildman–Crippen MR) is 99.8 cm³/mol. The standard InChI is InChI=1S/C22H25NO3/c24-15-22-14-23(13-19(22)11-12-26-16-22)21(25)20(17-7-3-1-4-8-17)18-9-5-2-6-10-18/h1-10,19-20,24H,11-16H2/t19-,22+/m0/s1. The molecule has 2 fully saturated rings. The second kappa shape index (κ2) is 7.22. The molecule has 2 aromatic carbocycles. The van der Waals surface area contributed by atoms with Gasteiger partial charge in [0.1, 0.15) is 0 Å². The number of carbonyl (C=O) groups is 1. The molecule has 2 aliphatic rings. The molecule has 4 heteroatoms. The molecule has 136 valence electrons. The molecule has 4 rings (SSSR count). The number of hydrogen-bond acceptors (Lipinski definition) is 3. The minimum atomic E-state index is -0.311. The molecule has 2 heterocycles. The van der Waals surface area contributed by atoms with Crippen molar-refractivity contribution in [1.82, 2.24) is 4.90 Å². The molecule has 1 N–H and O–H groups in total. The van der Waals surface area contributed by atoms with Crippen LogP contribution in [-0.4, -0.2) is 48.8 Å². The van der Waals surface area contributed by atoms with Crippen molar-refractivity contribution in [3.63, 3.8) is 0 Å². The molecule has 0 bridgehead atoms. The molecular weight excluding hydrogens is 326 g/mol. The van der Waals surface area contributed by atoms with E-state index in [0.717, 1.165) is 24.2 Å². The van der Waals surface area contributed by atoms with Gasteiger partial charge in [-0.1, -0.05) is 60.7 Å². The van der Waals surface area contributed by atoms with E-state index in [1.807, 2.05) is 65.6 Å². The van der Waals surface area contributed by atoms with Crippen molar-refractivity contribution in [3.05, 3.63) is 71.8 Å². The highest BCUT2D eigenvalue weighted by atomic mass is 16.5. The second-order valence-corrected chi connectivity index (χ2v) is 7.53. The number of hydrogen-bond donors (Lipinski definition) is 1. The van der Waals surface area contributed by atoms with Gasteiger partial charge in [0.15, 0.2) is 0 Å². The van der Waals surface area contributed by atoms with Crippen LogP contribution in [0.15, 0.2) is 60.7 Å². The van der Waals surface area contributed by atoms with Gasteiger partial charge in [-0.15, -0.1) is 0 Å². The molecule has 0 radical (unpaired) electrons. The minimum absolute atomic E-state index is 0.0722. The van der Waals surface area contributed by atoms with E-state index in [1.54, 1.807) is 0 Å². The maximum atomic E-state index is 13.6. The number of nitrogens with zero attached hydrogens (tertiary/aromatic N) is 1. The van der Waals surface area contributed by atoms with Gasteiger partial charge in [-0.2, -0.15) is 0 Å². The van der Waals surface area contributed by atoms with Crippen molar-refractivity contribution >= 4 is 5.91 Å². The summed E-state index contributed by atoms with van der Waals surface area (Å²) < 4.78 is 5.64. The molecule has 0 spiro atoms. The molecule has 2 saturated heterocycles. The largest absolute Gasteiger partial charge is 0.396 e. The number of amides is 1. The summed E-state index contributed by atoms with van der Waals surface area (Å²) >= 11 is 0. The third kappa shape index (κ3) is 3.04. The average molecular weight is 351 g/mol. The van der Waals surface area contributed by atoms with Crippen molar-refractivity contribution in [1.29, 1.82) is 0 Å². The van der Waals surface area contributed by atoms with Gasteiger partial charge >= 0.3 is 0 Å². The Bertz CT molecular complexity index is 709. The van der Waals surface area contributed by atoms with Crippen LogP contribution in [0.5, 0.6) is 0 Å². The van der Waals surface area contributed by atoms with Crippen molar-refractivity contribution in [2.45, 2.75) is 12.3 Å². The Hall–Kier alpha value is -2.17. The van der Waals surface area contributed by atoms with Crippen molar-refractivity contribution < 1.29 is 14.6 Å². The Labute approximate surface area is 154 Å². The first-order valence-electron chi connectivity index (χ1n) is 9.31. The number of likely N-dealkylation sites (tertiary alicyclic amines) is 1. The van der Waals surface area contributed by atoms with Gasteiger partial charge in [-0.05, 0) is 23.5 Å². The zero-order valence-electron chi connectivity index (χ0n) is 14.9. The number of rotatable bonds is 4. The monoisotopic (exact) mass is 351 g/mol. The van der Waals surface area contributed by atoms with Gasteiger partial charge in [0.25, 0.3) is 0 Å². The third-order valence-corrected chi connectivity index (χ3v) is 5.95. The maximum Gasteiger partial charge on any atom is 0.234 e. The quantitative estimate of drug-likeness (QED) is 0.921. The summed E-state index contributed by atoms with van der Waals surface area (Å²) in [4.78, 5) is 15.5. The van der Waals surface area contributed by atoms with Crippen LogP contribution in [0.2, 0.25) is 0 Å². The number of carbonyl (C=O) groups excluding carboxylic acids is 1. The molecule has 0 aromatic heterocycles. The summed E-state index contributed by atoms with van der Waals surface area (Å²) in [6, 6.07) is 19.9. The Kier molecular flexibility index (Phi) is 4.79. The van der Waals surface area contributed by atoms with E-state index < -0.39 is 0 Å². The fourth-order valence-corrected chi connectivity index (χ4v) is 4.44. The van der Waals surface area contributed by atoms with Crippen LogP contribution in [0.25, 0.3) is 0 Å². The fourth-order valence-electron chi connectivity index (χ4n) is 4.44. The summed E-state index contributed by atoms with van der Waals surface area (Å²) in [6.45, 7) is 2.61. The lowest BCUT2D eigenvalue weighted by atomic mass is 9.76. The van der Waals surface area contributed by atoms with E-state index in [4.69, 9.17) is 4.74 Å². The lowest BCUT2D eigenvalue weighted by molar-refractivity contribution is -0.131. The lowest BCUT2D eigenvalue weighted by Gasteiger charge is -2.36. The molecule has 2 aromatic rings. The van der Waals surface area contributed by atoms with Gasteiger partial charge in [0.05, 0.1) is 19.1 Å². The molecular formula is C22H25NO3. The maximum absolute atomic E-state index is 13.6. The first-order valence-corrected chi connectivity index (χ1v) is 9.31. The fraction of sp³-hybridized carbons (Fsp3) is 0.409. The zero-order valence-corrected chi connectivity index (χ0v) is 14.9. The highest BCUT2D eigenvalue weighted by Crippen LogP contribution is 2.42. The van der Waals surface area contributed by atoms with Crippen LogP contribution in [0.3, 0.4) is 0 Å². The number of fused-ring (bicyclic) bond motifs is 1. The smallest absolute Gasteiger partial charge is 0.234 e. The molecule has 2 atom stereocenters. The van der Waals surface area contributed by atoms with E-state index in [-0.39, 0.29) is 23.8 Å². The van der Waals surface area contributed by atoms with Crippen LogP contribution in [0.4, 0.5) is 0 Å². The summed E-state index contributed by atoms with van der Waals surface area (Å²) in [7, 11) is 0. The summed E-state index contributed by atoms with van der Waals surface area (Å²) in [5, 5.41) is 10.0. The molecule has 2 aliphatic heterocycles. The molecule has 1 amide bonds. The lowest BCUT2D eigenvalue weighted by Crippen LogP contribution is -2.43. The van der Waals surface area contributed by atoms with E-state index in [9.17, 15) is 9.90 Å². The molecule has 4 nitrogen and oxygen atoms in total. The topological polar surface area (TPSA) is 49.8 Å². The summed E-state index contributed by atoms with van der Waals surface area (Å²) in [6.07, 6.45) is 0.908. The van der Waals surface area contributed by atoms with Crippen LogP contribution in [0, 0.1) is 11.3 Å². The van der Waals surface area contributed by atoms with E-state index >= 15 is 0 Å². The third-order valence-electron chi connectivity index (χ3n) is 5.95. The van der Waals surface area contributed by atoms with E-state index in [1.165, 1.54) is 0 Å². The number of aliphatic hydroxyl groups excluding tert-OH is 1. The highest BCUT2D eigenvalue weighted by molar-refractivity contribution is 5.87. The number of aliphatic hydroxyl groups is 1. The predicted octanol–water partition coefficient (Wildman–Crippen LogP) is 2.68. The Balaban J connectivity index is 1.65. The highest BCUT2D eigenvalue weighted by Gasteiger charge is 2.50. The molecule has 0 aliphatic carbocycles. The van der Waals surface area contributed by atoms with Gasteiger partial charge in [-0.3, -0.25) is 4.79 Å². The van der Waals surface area contributed by atoms with E-state index in [0.29, 0.717) is 25.6 Å². The zero-order chi connectivity index (χ0) is 18.0. The van der Waals surface area contributed by atoms with Crippen LogP contribution in [-0.2, 0) is 9.53 Å². The average Bonchev–Trinajstić information content (AvgIpc) is 3.10. The Morgan fingerprint density at radius 1 is 1.12 bits per heavy atom. The Morgan fingerprint density at radius 3 is 2.27 bits per heavy atom. The first kappa shape index (κ1) is 17.3. The molecule has 0 unspecified atom stereocenters.